The monoisotopic (exact) mass is 280 g/mol. The van der Waals surface area contributed by atoms with Crippen molar-refractivity contribution in [3.63, 3.8) is 0 Å². The van der Waals surface area contributed by atoms with E-state index < -0.39 is 16.4 Å². The van der Waals surface area contributed by atoms with Gasteiger partial charge in [0.05, 0.1) is 16.9 Å². The molecular weight excluding hydrogens is 264 g/mol. The van der Waals surface area contributed by atoms with Crippen LogP contribution in [0.1, 0.15) is 29.8 Å². The Bertz CT molecular complexity index is 587. The van der Waals surface area contributed by atoms with E-state index in [9.17, 15) is 14.1 Å². The maximum absolute atomic E-state index is 11.9. The number of ether oxygens (including phenoxy) is 1. The van der Waals surface area contributed by atoms with Crippen LogP contribution in [0.25, 0.3) is 6.08 Å². The number of phenolic OH excluding ortho intramolecular Hbond substituents is 1. The largest absolute Gasteiger partial charge is 0.506 e. The van der Waals surface area contributed by atoms with Gasteiger partial charge in [0.1, 0.15) is 17.1 Å². The number of benzene rings is 1. The Morgan fingerprint density at radius 3 is 2.74 bits per heavy atom. The normalized spacial score (nSPS) is 17.4. The zero-order chi connectivity index (χ0) is 14.2. The van der Waals surface area contributed by atoms with Crippen molar-refractivity contribution in [1.82, 2.24) is 0 Å². The lowest BCUT2D eigenvalue weighted by Gasteiger charge is -2.28. The molecule has 0 saturated carbocycles. The molecule has 0 fully saturated rings. The third-order valence-corrected chi connectivity index (χ3v) is 3.50. The smallest absolute Gasteiger partial charge is 0.179 e. The number of hydrogen-bond acceptors (Lipinski definition) is 4. The summed E-state index contributed by atoms with van der Waals surface area (Å²) in [5, 5.41) is 10.1. The molecule has 0 aliphatic carbocycles. The van der Waals surface area contributed by atoms with Crippen LogP contribution in [0, 0.1) is 0 Å². The van der Waals surface area contributed by atoms with Gasteiger partial charge in [-0.2, -0.15) is 0 Å². The second-order valence-corrected chi connectivity index (χ2v) is 6.49. The predicted octanol–water partition coefficient (Wildman–Crippen LogP) is 2.14. The van der Waals surface area contributed by atoms with Gasteiger partial charge in [-0.25, -0.2) is 0 Å². The van der Waals surface area contributed by atoms with Crippen LogP contribution in [0.15, 0.2) is 18.2 Å². The van der Waals surface area contributed by atoms with Crippen molar-refractivity contribution in [2.24, 2.45) is 0 Å². The molecule has 4 nitrogen and oxygen atoms in total. The molecule has 102 valence electrons. The fourth-order valence-corrected chi connectivity index (χ4v) is 2.45. The standard InChI is InChI=1S/C14H16O4S/c1-14(2)7-6-10-12(18-14)5-4-9(13(10)16)11(15)8-19(3)17/h4-7,16H,8H2,1-3H3. The number of Topliss-reactive ketones (excluding diaryl/α,β-unsaturated/α-hetero) is 1. The molecule has 1 heterocycles. The molecule has 0 saturated heterocycles. The van der Waals surface area contributed by atoms with Gasteiger partial charge in [-0.1, -0.05) is 0 Å². The number of ketones is 1. The van der Waals surface area contributed by atoms with Crippen LogP contribution in [-0.4, -0.2) is 32.7 Å². The first-order valence-electron chi connectivity index (χ1n) is 5.87. The second-order valence-electron chi connectivity index (χ2n) is 5.05. The van der Waals surface area contributed by atoms with E-state index in [-0.39, 0.29) is 22.8 Å². The van der Waals surface area contributed by atoms with Crippen LogP contribution < -0.4 is 4.74 Å². The average molecular weight is 280 g/mol. The Labute approximate surface area is 114 Å². The summed E-state index contributed by atoms with van der Waals surface area (Å²) in [5.74, 6) is 0.000760. The molecule has 19 heavy (non-hydrogen) atoms. The van der Waals surface area contributed by atoms with Crippen LogP contribution in [0.4, 0.5) is 0 Å². The van der Waals surface area contributed by atoms with Gasteiger partial charge in [-0.3, -0.25) is 9.00 Å². The van der Waals surface area contributed by atoms with Crippen LogP contribution in [0.5, 0.6) is 11.5 Å². The minimum absolute atomic E-state index is 0.0948. The molecular formula is C14H16O4S. The molecule has 1 atom stereocenters. The average Bonchev–Trinajstić information content (AvgIpc) is 2.26. The van der Waals surface area contributed by atoms with Gasteiger partial charge >= 0.3 is 0 Å². The fourth-order valence-electron chi connectivity index (χ4n) is 1.93. The Balaban J connectivity index is 2.42. The van der Waals surface area contributed by atoms with E-state index in [1.807, 2.05) is 19.9 Å². The Morgan fingerprint density at radius 2 is 2.11 bits per heavy atom. The zero-order valence-electron chi connectivity index (χ0n) is 11.1. The summed E-state index contributed by atoms with van der Waals surface area (Å²) >= 11 is 0. The highest BCUT2D eigenvalue weighted by atomic mass is 32.2. The zero-order valence-corrected chi connectivity index (χ0v) is 11.9. The lowest BCUT2D eigenvalue weighted by atomic mass is 9.98. The van der Waals surface area contributed by atoms with Crippen molar-refractivity contribution < 1.29 is 18.8 Å². The molecule has 5 heteroatoms. The number of fused-ring (bicyclic) bond motifs is 1. The third-order valence-electron chi connectivity index (χ3n) is 2.84. The number of carbonyl (C=O) groups is 1. The summed E-state index contributed by atoms with van der Waals surface area (Å²) in [6.07, 6.45) is 5.02. The molecule has 0 bridgehead atoms. The van der Waals surface area contributed by atoms with Gasteiger partial charge in [-0.15, -0.1) is 0 Å². The van der Waals surface area contributed by atoms with Crippen molar-refractivity contribution in [3.8, 4) is 11.5 Å². The van der Waals surface area contributed by atoms with E-state index in [1.54, 1.807) is 12.1 Å². The predicted molar refractivity (Wildman–Crippen MR) is 75.1 cm³/mol. The summed E-state index contributed by atoms with van der Waals surface area (Å²) in [6.45, 7) is 3.81. The van der Waals surface area contributed by atoms with Gasteiger partial charge in [-0.05, 0) is 38.1 Å². The van der Waals surface area contributed by atoms with Crippen molar-refractivity contribution in [2.75, 3.05) is 12.0 Å². The maximum atomic E-state index is 11.9. The number of rotatable bonds is 3. The fraction of sp³-hybridized carbons (Fsp3) is 0.357. The molecule has 1 aliphatic heterocycles. The lowest BCUT2D eigenvalue weighted by Crippen LogP contribution is -2.27. The molecule has 1 unspecified atom stereocenters. The van der Waals surface area contributed by atoms with E-state index in [2.05, 4.69) is 0 Å². The van der Waals surface area contributed by atoms with E-state index >= 15 is 0 Å². The van der Waals surface area contributed by atoms with E-state index in [4.69, 9.17) is 4.74 Å². The number of phenols is 1. The SMILES string of the molecule is CS(=O)CC(=O)c1ccc2c(c1O)C=CC(C)(C)O2. The van der Waals surface area contributed by atoms with Crippen LogP contribution >= 0.6 is 0 Å². The minimum atomic E-state index is -1.23. The topological polar surface area (TPSA) is 63.6 Å². The summed E-state index contributed by atoms with van der Waals surface area (Å²) in [5.41, 5.74) is 0.240. The summed E-state index contributed by atoms with van der Waals surface area (Å²) < 4.78 is 16.8. The molecule has 0 amide bonds. The van der Waals surface area contributed by atoms with Gasteiger partial charge in [0.15, 0.2) is 5.78 Å². The van der Waals surface area contributed by atoms with E-state index in [0.29, 0.717) is 11.3 Å². The Morgan fingerprint density at radius 1 is 1.42 bits per heavy atom. The lowest BCUT2D eigenvalue weighted by molar-refractivity contribution is 0.101. The quantitative estimate of drug-likeness (QED) is 0.862. The molecule has 0 radical (unpaired) electrons. The summed E-state index contributed by atoms with van der Waals surface area (Å²) in [4.78, 5) is 11.9. The molecule has 1 aliphatic rings. The van der Waals surface area contributed by atoms with Crippen molar-refractivity contribution >= 4 is 22.7 Å². The molecule has 0 spiro atoms. The minimum Gasteiger partial charge on any atom is -0.506 e. The maximum Gasteiger partial charge on any atom is 0.179 e. The highest BCUT2D eigenvalue weighted by molar-refractivity contribution is 7.85. The Hall–Kier alpha value is -1.62. The highest BCUT2D eigenvalue weighted by Crippen LogP contribution is 2.38. The van der Waals surface area contributed by atoms with Crippen molar-refractivity contribution in [1.29, 1.82) is 0 Å². The molecule has 1 N–H and O–H groups in total. The summed E-state index contributed by atoms with van der Waals surface area (Å²) in [7, 11) is -1.23. The van der Waals surface area contributed by atoms with Gasteiger partial charge in [0.25, 0.3) is 0 Å². The van der Waals surface area contributed by atoms with Crippen molar-refractivity contribution in [2.45, 2.75) is 19.4 Å². The highest BCUT2D eigenvalue weighted by Gasteiger charge is 2.25. The van der Waals surface area contributed by atoms with Crippen LogP contribution in [0.2, 0.25) is 0 Å². The van der Waals surface area contributed by atoms with E-state index in [1.165, 1.54) is 12.3 Å². The number of aromatic hydroxyl groups is 1. The van der Waals surface area contributed by atoms with Gasteiger partial charge < -0.3 is 9.84 Å². The number of hydrogen-bond donors (Lipinski definition) is 1. The molecule has 1 aromatic carbocycles. The molecule has 1 aromatic rings. The van der Waals surface area contributed by atoms with Gasteiger partial charge in [0.2, 0.25) is 0 Å². The first kappa shape index (κ1) is 13.8. The summed E-state index contributed by atoms with van der Waals surface area (Å²) in [6, 6.07) is 3.17. The van der Waals surface area contributed by atoms with Crippen LogP contribution in [-0.2, 0) is 10.8 Å². The molecule has 0 aromatic heterocycles. The van der Waals surface area contributed by atoms with Crippen molar-refractivity contribution in [3.05, 3.63) is 29.3 Å². The van der Waals surface area contributed by atoms with Crippen LogP contribution in [0.3, 0.4) is 0 Å². The second kappa shape index (κ2) is 4.81. The first-order chi connectivity index (χ1) is 8.80. The Kier molecular flexibility index (Phi) is 3.49. The van der Waals surface area contributed by atoms with Gasteiger partial charge in [0, 0.05) is 17.1 Å². The molecule has 2 rings (SSSR count). The van der Waals surface area contributed by atoms with E-state index in [0.717, 1.165) is 0 Å². The third kappa shape index (κ3) is 2.87. The first-order valence-corrected chi connectivity index (χ1v) is 7.60. The number of carbonyl (C=O) groups excluding carboxylic acids is 1.